The number of aryl methyl sites for hydroxylation is 1. The molecule has 0 aromatic heterocycles. The summed E-state index contributed by atoms with van der Waals surface area (Å²) >= 11 is 0. The van der Waals surface area contributed by atoms with E-state index in [1.807, 2.05) is 19.1 Å². The molecule has 0 bridgehead atoms. The molecule has 0 amide bonds. The van der Waals surface area contributed by atoms with Crippen molar-refractivity contribution in [3.8, 4) is 0 Å². The fourth-order valence-electron chi connectivity index (χ4n) is 2.18. The number of rotatable bonds is 2. The van der Waals surface area contributed by atoms with Crippen molar-refractivity contribution in [3.63, 3.8) is 0 Å². The van der Waals surface area contributed by atoms with Crippen LogP contribution in [-0.2, 0) is 0 Å². The van der Waals surface area contributed by atoms with Crippen LogP contribution in [0.2, 0.25) is 0 Å². The lowest BCUT2D eigenvalue weighted by Gasteiger charge is -2.22. The normalized spacial score (nSPS) is 20.3. The maximum Gasteiger partial charge on any atom is 0.182 e. The van der Waals surface area contributed by atoms with Crippen LogP contribution in [-0.4, -0.2) is 31.5 Å². The third-order valence-corrected chi connectivity index (χ3v) is 3.60. The van der Waals surface area contributed by atoms with Crippen molar-refractivity contribution in [1.29, 1.82) is 0 Å². The third kappa shape index (κ3) is 2.40. The average Bonchev–Trinajstić information content (AvgIpc) is 2.36. The number of Topliss-reactive ketones (excluding diaryl/α,β-unsaturated/α-hetero) is 1. The molecule has 0 aliphatic carbocycles. The summed E-state index contributed by atoms with van der Waals surface area (Å²) in [5.41, 5.74) is 4.36. The van der Waals surface area contributed by atoms with Gasteiger partial charge in [-0.25, -0.2) is 5.32 Å². The van der Waals surface area contributed by atoms with E-state index in [2.05, 4.69) is 24.5 Å². The molecule has 91 valence electrons. The van der Waals surface area contributed by atoms with Crippen molar-refractivity contribution < 1.29 is 4.79 Å². The molecule has 1 radical (unpaired) electrons. The molecule has 0 spiro atoms. The highest BCUT2D eigenvalue weighted by molar-refractivity contribution is 6.01. The Morgan fingerprint density at radius 2 is 2.06 bits per heavy atom. The summed E-state index contributed by atoms with van der Waals surface area (Å²) in [5.74, 6) is 0.151. The minimum atomic E-state index is -0.204. The van der Waals surface area contributed by atoms with Gasteiger partial charge in [0.15, 0.2) is 5.78 Å². The fourth-order valence-corrected chi connectivity index (χ4v) is 2.18. The first-order valence-corrected chi connectivity index (χ1v) is 6.09. The summed E-state index contributed by atoms with van der Waals surface area (Å²) in [6, 6.07) is 3.75. The van der Waals surface area contributed by atoms with E-state index in [0.29, 0.717) is 6.54 Å². The minimum Gasteiger partial charge on any atom is -0.313 e. The van der Waals surface area contributed by atoms with Gasteiger partial charge in [0.1, 0.15) is 6.04 Å². The molecule has 1 atom stereocenters. The highest BCUT2D eigenvalue weighted by atomic mass is 16.1. The molecule has 1 saturated heterocycles. The summed E-state index contributed by atoms with van der Waals surface area (Å²) in [5, 5.41) is 7.60. The Balaban J connectivity index is 2.27. The van der Waals surface area contributed by atoms with Gasteiger partial charge in [-0.1, -0.05) is 12.1 Å². The predicted molar refractivity (Wildman–Crippen MR) is 68.6 cm³/mol. The van der Waals surface area contributed by atoms with Crippen molar-refractivity contribution in [3.05, 3.63) is 34.4 Å². The number of benzene rings is 1. The van der Waals surface area contributed by atoms with Gasteiger partial charge < -0.3 is 5.32 Å². The molecule has 2 rings (SSSR count). The molecule has 1 unspecified atom stereocenters. The van der Waals surface area contributed by atoms with Crippen molar-refractivity contribution in [2.24, 2.45) is 0 Å². The smallest absolute Gasteiger partial charge is 0.182 e. The first-order valence-electron chi connectivity index (χ1n) is 6.09. The summed E-state index contributed by atoms with van der Waals surface area (Å²) in [4.78, 5) is 12.4. The van der Waals surface area contributed by atoms with Crippen LogP contribution in [0.4, 0.5) is 0 Å². The second-order valence-corrected chi connectivity index (χ2v) is 4.67. The lowest BCUT2D eigenvalue weighted by atomic mass is 9.93. The van der Waals surface area contributed by atoms with Crippen LogP contribution >= 0.6 is 0 Å². The van der Waals surface area contributed by atoms with Crippen LogP contribution in [0, 0.1) is 20.8 Å². The Labute approximate surface area is 103 Å². The zero-order chi connectivity index (χ0) is 12.4. The Kier molecular flexibility index (Phi) is 3.60. The second-order valence-electron chi connectivity index (χ2n) is 4.67. The predicted octanol–water partition coefficient (Wildman–Crippen LogP) is 1.37. The van der Waals surface area contributed by atoms with Gasteiger partial charge in [0.05, 0.1) is 0 Å². The largest absolute Gasteiger partial charge is 0.313 e. The summed E-state index contributed by atoms with van der Waals surface area (Å²) in [7, 11) is 0. The van der Waals surface area contributed by atoms with E-state index in [1.54, 1.807) is 0 Å². The van der Waals surface area contributed by atoms with Gasteiger partial charge >= 0.3 is 0 Å². The highest BCUT2D eigenvalue weighted by Gasteiger charge is 2.24. The van der Waals surface area contributed by atoms with E-state index in [4.69, 9.17) is 0 Å². The fraction of sp³-hybridized carbons (Fsp3) is 0.500. The van der Waals surface area contributed by atoms with Gasteiger partial charge in [0.2, 0.25) is 0 Å². The van der Waals surface area contributed by atoms with Gasteiger partial charge in [0.25, 0.3) is 0 Å². The molecular weight excluding hydrogens is 212 g/mol. The number of carbonyl (C=O) groups is 1. The molecule has 3 nitrogen and oxygen atoms in total. The lowest BCUT2D eigenvalue weighted by Crippen LogP contribution is -2.48. The van der Waals surface area contributed by atoms with Crippen molar-refractivity contribution in [2.75, 3.05) is 19.6 Å². The van der Waals surface area contributed by atoms with Gasteiger partial charge in [0, 0.05) is 25.2 Å². The highest BCUT2D eigenvalue weighted by Crippen LogP contribution is 2.18. The van der Waals surface area contributed by atoms with E-state index >= 15 is 0 Å². The number of nitrogens with zero attached hydrogens (tertiary/aromatic N) is 1. The SMILES string of the molecule is Cc1ccc(C(=O)C2CNCC[N]2)c(C)c1C. The van der Waals surface area contributed by atoms with Crippen molar-refractivity contribution in [1.82, 2.24) is 10.6 Å². The van der Waals surface area contributed by atoms with Crippen LogP contribution in [0.3, 0.4) is 0 Å². The molecule has 1 heterocycles. The number of nitrogens with one attached hydrogen (secondary N) is 1. The second kappa shape index (κ2) is 4.98. The number of hydrogen-bond donors (Lipinski definition) is 1. The van der Waals surface area contributed by atoms with Gasteiger partial charge in [-0.15, -0.1) is 0 Å². The van der Waals surface area contributed by atoms with E-state index < -0.39 is 0 Å². The standard InChI is InChI=1S/C14H19N2O/c1-9-4-5-12(11(3)10(9)2)14(17)13-8-15-6-7-16-13/h4-5,13,15H,6-8H2,1-3H3. The molecule has 1 aliphatic rings. The molecular formula is C14H19N2O. The Morgan fingerprint density at radius 1 is 1.29 bits per heavy atom. The Morgan fingerprint density at radius 3 is 2.71 bits per heavy atom. The van der Waals surface area contributed by atoms with Crippen LogP contribution < -0.4 is 10.6 Å². The molecule has 3 heteroatoms. The zero-order valence-corrected chi connectivity index (χ0v) is 10.7. The van der Waals surface area contributed by atoms with E-state index in [1.165, 1.54) is 11.1 Å². The molecule has 1 fully saturated rings. The first-order chi connectivity index (χ1) is 8.11. The maximum absolute atomic E-state index is 12.4. The number of piperazine rings is 1. The Bertz CT molecular complexity index is 434. The van der Waals surface area contributed by atoms with Gasteiger partial charge in [-0.3, -0.25) is 4.79 Å². The maximum atomic E-state index is 12.4. The quantitative estimate of drug-likeness (QED) is 0.781. The van der Waals surface area contributed by atoms with Crippen LogP contribution in [0.1, 0.15) is 27.0 Å². The van der Waals surface area contributed by atoms with E-state index in [9.17, 15) is 4.79 Å². The summed E-state index contributed by atoms with van der Waals surface area (Å²) < 4.78 is 0. The van der Waals surface area contributed by atoms with E-state index in [-0.39, 0.29) is 11.8 Å². The van der Waals surface area contributed by atoms with Gasteiger partial charge in [-0.05, 0) is 37.5 Å². The molecule has 1 N–H and O–H groups in total. The molecule has 0 saturated carbocycles. The van der Waals surface area contributed by atoms with Crippen LogP contribution in [0.5, 0.6) is 0 Å². The number of ketones is 1. The van der Waals surface area contributed by atoms with Crippen molar-refractivity contribution >= 4 is 5.78 Å². The Hall–Kier alpha value is -1.19. The third-order valence-electron chi connectivity index (χ3n) is 3.60. The van der Waals surface area contributed by atoms with Crippen LogP contribution in [0.25, 0.3) is 0 Å². The molecule has 1 aromatic carbocycles. The number of hydrogen-bond acceptors (Lipinski definition) is 2. The molecule has 1 aromatic rings. The zero-order valence-electron chi connectivity index (χ0n) is 10.7. The van der Waals surface area contributed by atoms with Crippen LogP contribution in [0.15, 0.2) is 12.1 Å². The summed E-state index contributed by atoms with van der Waals surface area (Å²) in [6.07, 6.45) is 0. The van der Waals surface area contributed by atoms with Gasteiger partial charge in [-0.2, -0.15) is 0 Å². The topological polar surface area (TPSA) is 43.2 Å². The summed E-state index contributed by atoms with van der Waals surface area (Å²) in [6.45, 7) is 8.45. The van der Waals surface area contributed by atoms with E-state index in [0.717, 1.165) is 24.2 Å². The first kappa shape index (κ1) is 12.3. The minimum absolute atomic E-state index is 0.151. The molecule has 1 aliphatic heterocycles. The van der Waals surface area contributed by atoms with Crippen molar-refractivity contribution in [2.45, 2.75) is 26.8 Å². The monoisotopic (exact) mass is 231 g/mol. The molecule has 17 heavy (non-hydrogen) atoms. The lowest BCUT2D eigenvalue weighted by molar-refractivity contribution is 0.0931. The average molecular weight is 231 g/mol. The number of carbonyl (C=O) groups excluding carboxylic acids is 1.